The van der Waals surface area contributed by atoms with Crippen LogP contribution in [-0.2, 0) is 4.79 Å². The summed E-state index contributed by atoms with van der Waals surface area (Å²) in [6, 6.07) is 24.9. The molecule has 5 nitrogen and oxygen atoms in total. The summed E-state index contributed by atoms with van der Waals surface area (Å²) in [5, 5.41) is 5.86. The van der Waals surface area contributed by atoms with Crippen molar-refractivity contribution in [3.8, 4) is 33.3 Å². The zero-order valence-electron chi connectivity index (χ0n) is 16.4. The lowest BCUT2D eigenvalue weighted by molar-refractivity contribution is -0.118. The molecule has 0 spiro atoms. The Morgan fingerprint density at radius 3 is 2.33 bits per heavy atom. The molecule has 0 aliphatic heterocycles. The normalized spacial score (nSPS) is 10.4. The van der Waals surface area contributed by atoms with E-state index in [1.807, 2.05) is 72.1 Å². The minimum Gasteiger partial charge on any atom is -0.493 e. The molecule has 6 heteroatoms. The van der Waals surface area contributed by atoms with Crippen molar-refractivity contribution in [3.05, 3.63) is 84.2 Å². The highest BCUT2D eigenvalue weighted by Crippen LogP contribution is 2.29. The van der Waals surface area contributed by atoms with Crippen molar-refractivity contribution in [1.82, 2.24) is 4.98 Å². The molecule has 0 radical (unpaired) electrons. The second-order valence-electron chi connectivity index (χ2n) is 6.47. The zero-order chi connectivity index (χ0) is 20.8. The van der Waals surface area contributed by atoms with Crippen LogP contribution in [0.3, 0.4) is 0 Å². The summed E-state index contributed by atoms with van der Waals surface area (Å²) in [5.41, 5.74) is 3.71. The maximum absolute atomic E-state index is 12.2. The lowest BCUT2D eigenvalue weighted by atomic mass is 10.1. The predicted molar refractivity (Wildman–Crippen MR) is 120 cm³/mol. The van der Waals surface area contributed by atoms with Gasteiger partial charge >= 0.3 is 0 Å². The molecule has 1 amide bonds. The quantitative estimate of drug-likeness (QED) is 0.432. The molecule has 1 aromatic heterocycles. The molecular formula is C24H20N2O3S. The van der Waals surface area contributed by atoms with Crippen molar-refractivity contribution < 1.29 is 14.3 Å². The third-order valence-electron chi connectivity index (χ3n) is 4.42. The van der Waals surface area contributed by atoms with Crippen LogP contribution in [0.15, 0.2) is 84.2 Å². The number of nitrogens with zero attached hydrogens (tertiary/aromatic N) is 1. The maximum Gasteiger partial charge on any atom is 0.262 e. The summed E-state index contributed by atoms with van der Waals surface area (Å²) >= 11 is 1.61. The lowest BCUT2D eigenvalue weighted by Crippen LogP contribution is -2.20. The molecule has 0 atom stereocenters. The maximum atomic E-state index is 12.2. The van der Waals surface area contributed by atoms with Crippen LogP contribution in [0.1, 0.15) is 0 Å². The Morgan fingerprint density at radius 1 is 0.900 bits per heavy atom. The first kappa shape index (κ1) is 19.7. The van der Waals surface area contributed by atoms with Crippen molar-refractivity contribution >= 4 is 22.9 Å². The van der Waals surface area contributed by atoms with E-state index in [0.717, 1.165) is 21.8 Å². The molecule has 1 N–H and O–H groups in total. The van der Waals surface area contributed by atoms with Crippen LogP contribution < -0.4 is 14.8 Å². The largest absolute Gasteiger partial charge is 0.493 e. The number of thiazole rings is 1. The first-order chi connectivity index (χ1) is 14.7. The fourth-order valence-electron chi connectivity index (χ4n) is 2.92. The van der Waals surface area contributed by atoms with Gasteiger partial charge < -0.3 is 14.8 Å². The van der Waals surface area contributed by atoms with Crippen molar-refractivity contribution in [2.24, 2.45) is 0 Å². The van der Waals surface area contributed by atoms with Gasteiger partial charge in [0, 0.05) is 22.2 Å². The second-order valence-corrected chi connectivity index (χ2v) is 7.33. The predicted octanol–water partition coefficient (Wildman–Crippen LogP) is 5.50. The minimum absolute atomic E-state index is 0.103. The SMILES string of the molecule is COc1ccccc1OCC(=O)Nc1ccc(-c2csc(-c3ccccc3)n2)cc1. The van der Waals surface area contributed by atoms with Gasteiger partial charge in [0.1, 0.15) is 5.01 Å². The summed E-state index contributed by atoms with van der Waals surface area (Å²) in [6.45, 7) is -0.103. The number of nitrogens with one attached hydrogen (secondary N) is 1. The molecule has 0 aliphatic rings. The van der Waals surface area contributed by atoms with E-state index < -0.39 is 0 Å². The van der Waals surface area contributed by atoms with Crippen LogP contribution in [0.2, 0.25) is 0 Å². The van der Waals surface area contributed by atoms with Crippen molar-refractivity contribution in [2.45, 2.75) is 0 Å². The van der Waals surface area contributed by atoms with Gasteiger partial charge in [-0.1, -0.05) is 54.6 Å². The van der Waals surface area contributed by atoms with Crippen LogP contribution in [0.5, 0.6) is 11.5 Å². The van der Waals surface area contributed by atoms with Gasteiger partial charge in [-0.25, -0.2) is 4.98 Å². The highest BCUT2D eigenvalue weighted by molar-refractivity contribution is 7.13. The Morgan fingerprint density at radius 2 is 1.60 bits per heavy atom. The van der Waals surface area contributed by atoms with Crippen molar-refractivity contribution in [1.29, 1.82) is 0 Å². The Kier molecular flexibility index (Phi) is 6.06. The van der Waals surface area contributed by atoms with Crippen LogP contribution in [-0.4, -0.2) is 24.6 Å². The third kappa shape index (κ3) is 4.67. The third-order valence-corrected chi connectivity index (χ3v) is 5.31. The van der Waals surface area contributed by atoms with Crippen LogP contribution in [0.4, 0.5) is 5.69 Å². The van der Waals surface area contributed by atoms with Gasteiger partial charge in [0.15, 0.2) is 18.1 Å². The number of aromatic nitrogens is 1. The molecule has 1 heterocycles. The molecule has 0 aliphatic carbocycles. The average Bonchev–Trinajstić information content (AvgIpc) is 3.29. The van der Waals surface area contributed by atoms with E-state index in [0.29, 0.717) is 17.2 Å². The topological polar surface area (TPSA) is 60.5 Å². The molecule has 4 aromatic rings. The molecule has 0 fully saturated rings. The number of hydrogen-bond acceptors (Lipinski definition) is 5. The standard InChI is InChI=1S/C24H20N2O3S/c1-28-21-9-5-6-10-22(21)29-15-23(27)25-19-13-11-17(12-14-19)20-16-30-24(26-20)18-7-3-2-4-8-18/h2-14,16H,15H2,1H3,(H,25,27). The smallest absolute Gasteiger partial charge is 0.262 e. The fourth-order valence-corrected chi connectivity index (χ4v) is 3.76. The summed E-state index contributed by atoms with van der Waals surface area (Å²) in [4.78, 5) is 16.9. The minimum atomic E-state index is -0.242. The Bertz CT molecular complexity index is 1120. The van der Waals surface area contributed by atoms with Crippen molar-refractivity contribution in [2.75, 3.05) is 19.0 Å². The first-order valence-corrected chi connectivity index (χ1v) is 10.3. The number of anilines is 1. The van der Waals surface area contributed by atoms with Gasteiger partial charge in [-0.15, -0.1) is 11.3 Å². The van der Waals surface area contributed by atoms with Gasteiger partial charge in [-0.3, -0.25) is 4.79 Å². The molecule has 0 saturated carbocycles. The number of carbonyl (C=O) groups is 1. The summed E-state index contributed by atoms with van der Waals surface area (Å²) in [7, 11) is 1.56. The number of ether oxygens (including phenoxy) is 2. The Labute approximate surface area is 178 Å². The molecule has 0 bridgehead atoms. The number of benzene rings is 3. The highest BCUT2D eigenvalue weighted by atomic mass is 32.1. The van der Waals surface area contributed by atoms with Gasteiger partial charge in [0.05, 0.1) is 12.8 Å². The number of hydrogen-bond donors (Lipinski definition) is 1. The average molecular weight is 417 g/mol. The van der Waals surface area contributed by atoms with Gasteiger partial charge in [0.2, 0.25) is 0 Å². The van der Waals surface area contributed by atoms with E-state index in [9.17, 15) is 4.79 Å². The van der Waals surface area contributed by atoms with E-state index in [1.54, 1.807) is 30.6 Å². The number of carbonyl (C=O) groups excluding carboxylic acids is 1. The van der Waals surface area contributed by atoms with Crippen LogP contribution in [0, 0.1) is 0 Å². The number of amides is 1. The molecule has 0 unspecified atom stereocenters. The molecule has 3 aromatic carbocycles. The Hall–Kier alpha value is -3.64. The van der Waals surface area contributed by atoms with E-state index in [2.05, 4.69) is 5.32 Å². The van der Waals surface area contributed by atoms with E-state index in [1.165, 1.54) is 0 Å². The lowest BCUT2D eigenvalue weighted by Gasteiger charge is -2.10. The zero-order valence-corrected chi connectivity index (χ0v) is 17.2. The monoisotopic (exact) mass is 416 g/mol. The molecule has 150 valence electrons. The number of para-hydroxylation sites is 2. The van der Waals surface area contributed by atoms with Crippen LogP contribution >= 0.6 is 11.3 Å². The molecule has 30 heavy (non-hydrogen) atoms. The fraction of sp³-hybridized carbons (Fsp3) is 0.0833. The second kappa shape index (κ2) is 9.24. The number of rotatable bonds is 7. The van der Waals surface area contributed by atoms with Crippen molar-refractivity contribution in [3.63, 3.8) is 0 Å². The van der Waals surface area contributed by atoms with E-state index in [-0.39, 0.29) is 12.5 Å². The van der Waals surface area contributed by atoms with Gasteiger partial charge in [0.25, 0.3) is 5.91 Å². The van der Waals surface area contributed by atoms with E-state index >= 15 is 0 Å². The number of methoxy groups -OCH3 is 1. The Balaban J connectivity index is 1.37. The summed E-state index contributed by atoms with van der Waals surface area (Å²) in [5.74, 6) is 0.879. The van der Waals surface area contributed by atoms with Gasteiger partial charge in [-0.05, 0) is 24.3 Å². The highest BCUT2D eigenvalue weighted by Gasteiger charge is 2.09. The first-order valence-electron chi connectivity index (χ1n) is 9.40. The molecular weight excluding hydrogens is 396 g/mol. The summed E-state index contributed by atoms with van der Waals surface area (Å²) in [6.07, 6.45) is 0. The van der Waals surface area contributed by atoms with Gasteiger partial charge in [-0.2, -0.15) is 0 Å². The summed E-state index contributed by atoms with van der Waals surface area (Å²) < 4.78 is 10.8. The van der Waals surface area contributed by atoms with Crippen LogP contribution in [0.25, 0.3) is 21.8 Å². The molecule has 0 saturated heterocycles. The van der Waals surface area contributed by atoms with E-state index in [4.69, 9.17) is 14.5 Å². The molecule has 4 rings (SSSR count).